The van der Waals surface area contributed by atoms with Crippen LogP contribution in [-0.4, -0.2) is 49.6 Å². The highest BCUT2D eigenvalue weighted by Crippen LogP contribution is 2.20. The first-order valence-corrected chi connectivity index (χ1v) is 7.89. The third-order valence-electron chi connectivity index (χ3n) is 4.00. The normalized spacial score (nSPS) is 19.3. The van der Waals surface area contributed by atoms with E-state index in [2.05, 4.69) is 36.3 Å². The van der Waals surface area contributed by atoms with Crippen LogP contribution in [0.25, 0.3) is 0 Å². The molecular formula is C15H31N3O. The Labute approximate surface area is 118 Å². The molecule has 1 atom stereocenters. The lowest BCUT2D eigenvalue weighted by Crippen LogP contribution is -2.45. The van der Waals surface area contributed by atoms with Gasteiger partial charge >= 0.3 is 0 Å². The number of nitrogens with zero attached hydrogens (tertiary/aromatic N) is 1. The van der Waals surface area contributed by atoms with E-state index in [4.69, 9.17) is 0 Å². The van der Waals surface area contributed by atoms with Gasteiger partial charge in [-0.3, -0.25) is 9.69 Å². The second-order valence-electron chi connectivity index (χ2n) is 5.71. The van der Waals surface area contributed by atoms with Gasteiger partial charge in [0.15, 0.2) is 0 Å². The maximum Gasteiger partial charge on any atom is 0.234 e. The minimum atomic E-state index is 0.178. The fraction of sp³-hybridized carbons (Fsp3) is 0.933. The average molecular weight is 269 g/mol. The van der Waals surface area contributed by atoms with Crippen LogP contribution in [0.15, 0.2) is 0 Å². The van der Waals surface area contributed by atoms with Crippen LogP contribution in [0.3, 0.4) is 0 Å². The first kappa shape index (κ1) is 16.4. The SMILES string of the molecule is CCCNC(=O)CN1CCC(C(C)NCCC)CC1. The summed E-state index contributed by atoms with van der Waals surface area (Å²) in [5.74, 6) is 0.943. The van der Waals surface area contributed by atoms with Crippen LogP contribution >= 0.6 is 0 Å². The van der Waals surface area contributed by atoms with E-state index in [1.54, 1.807) is 0 Å². The monoisotopic (exact) mass is 269 g/mol. The molecule has 112 valence electrons. The molecule has 1 rings (SSSR count). The van der Waals surface area contributed by atoms with E-state index in [9.17, 15) is 4.79 Å². The van der Waals surface area contributed by atoms with E-state index in [0.29, 0.717) is 12.6 Å². The number of carbonyl (C=O) groups is 1. The third kappa shape index (κ3) is 6.39. The zero-order chi connectivity index (χ0) is 14.1. The highest BCUT2D eigenvalue weighted by Gasteiger charge is 2.24. The standard InChI is InChI=1S/C15H31N3O/c1-4-8-16-13(3)14-6-10-18(11-7-14)12-15(19)17-9-5-2/h13-14,16H,4-12H2,1-3H3,(H,17,19). The van der Waals surface area contributed by atoms with Crippen molar-refractivity contribution in [2.45, 2.75) is 52.5 Å². The quantitative estimate of drug-likeness (QED) is 0.704. The molecule has 1 saturated heterocycles. The van der Waals surface area contributed by atoms with Gasteiger partial charge < -0.3 is 10.6 Å². The van der Waals surface area contributed by atoms with E-state index >= 15 is 0 Å². The minimum Gasteiger partial charge on any atom is -0.355 e. The van der Waals surface area contributed by atoms with Crippen LogP contribution < -0.4 is 10.6 Å². The molecule has 1 heterocycles. The highest BCUT2D eigenvalue weighted by atomic mass is 16.2. The topological polar surface area (TPSA) is 44.4 Å². The van der Waals surface area contributed by atoms with Crippen LogP contribution in [0.1, 0.15) is 46.5 Å². The van der Waals surface area contributed by atoms with E-state index in [-0.39, 0.29) is 5.91 Å². The van der Waals surface area contributed by atoms with Crippen molar-refractivity contribution in [2.75, 3.05) is 32.7 Å². The van der Waals surface area contributed by atoms with Gasteiger partial charge in [-0.2, -0.15) is 0 Å². The zero-order valence-electron chi connectivity index (χ0n) is 12.9. The molecular weight excluding hydrogens is 238 g/mol. The molecule has 2 N–H and O–H groups in total. The Morgan fingerprint density at radius 1 is 1.21 bits per heavy atom. The number of hydrogen-bond acceptors (Lipinski definition) is 3. The molecule has 0 spiro atoms. The highest BCUT2D eigenvalue weighted by molar-refractivity contribution is 5.77. The molecule has 0 aromatic carbocycles. The van der Waals surface area contributed by atoms with Crippen molar-refractivity contribution >= 4 is 5.91 Å². The fourth-order valence-electron chi connectivity index (χ4n) is 2.67. The Kier molecular flexibility index (Phi) is 8.07. The number of nitrogens with one attached hydrogen (secondary N) is 2. The summed E-state index contributed by atoms with van der Waals surface area (Å²) in [6, 6.07) is 0.607. The number of carbonyl (C=O) groups excluding carboxylic acids is 1. The molecule has 4 heteroatoms. The molecule has 1 aliphatic heterocycles. The Morgan fingerprint density at radius 2 is 1.84 bits per heavy atom. The summed E-state index contributed by atoms with van der Waals surface area (Å²) in [4.78, 5) is 13.9. The van der Waals surface area contributed by atoms with E-state index in [1.807, 2.05) is 0 Å². The zero-order valence-corrected chi connectivity index (χ0v) is 12.9. The van der Waals surface area contributed by atoms with Gasteiger partial charge in [-0.25, -0.2) is 0 Å². The van der Waals surface area contributed by atoms with Crippen LogP contribution in [-0.2, 0) is 4.79 Å². The largest absolute Gasteiger partial charge is 0.355 e. The second kappa shape index (κ2) is 9.32. The number of amides is 1. The first-order chi connectivity index (χ1) is 9.17. The Hall–Kier alpha value is -0.610. The lowest BCUT2D eigenvalue weighted by molar-refractivity contribution is -0.122. The van der Waals surface area contributed by atoms with Crippen LogP contribution in [0.4, 0.5) is 0 Å². The molecule has 0 saturated carbocycles. The van der Waals surface area contributed by atoms with Gasteiger partial charge in [-0.1, -0.05) is 13.8 Å². The predicted molar refractivity (Wildman–Crippen MR) is 80.2 cm³/mol. The fourth-order valence-corrected chi connectivity index (χ4v) is 2.67. The lowest BCUT2D eigenvalue weighted by Gasteiger charge is -2.34. The molecule has 0 aliphatic carbocycles. The Morgan fingerprint density at radius 3 is 2.42 bits per heavy atom. The van der Waals surface area contributed by atoms with Crippen molar-refractivity contribution in [3.63, 3.8) is 0 Å². The van der Waals surface area contributed by atoms with Crippen molar-refractivity contribution in [1.29, 1.82) is 0 Å². The van der Waals surface area contributed by atoms with E-state index in [0.717, 1.165) is 38.5 Å². The number of likely N-dealkylation sites (tertiary alicyclic amines) is 1. The maximum atomic E-state index is 11.7. The van der Waals surface area contributed by atoms with Gasteiger partial charge in [0, 0.05) is 12.6 Å². The summed E-state index contributed by atoms with van der Waals surface area (Å²) >= 11 is 0. The molecule has 1 amide bonds. The van der Waals surface area contributed by atoms with Gasteiger partial charge in [0.25, 0.3) is 0 Å². The molecule has 0 aromatic rings. The Balaban J connectivity index is 2.19. The van der Waals surface area contributed by atoms with Gasteiger partial charge in [-0.05, 0) is 58.2 Å². The lowest BCUT2D eigenvalue weighted by atomic mass is 9.90. The number of piperidine rings is 1. The summed E-state index contributed by atoms with van der Waals surface area (Å²) in [6.07, 6.45) is 4.62. The van der Waals surface area contributed by atoms with Crippen molar-refractivity contribution in [2.24, 2.45) is 5.92 Å². The van der Waals surface area contributed by atoms with Crippen molar-refractivity contribution in [3.8, 4) is 0 Å². The summed E-state index contributed by atoms with van der Waals surface area (Å²) in [6.45, 7) is 11.2. The molecule has 0 bridgehead atoms. The maximum absolute atomic E-state index is 11.7. The summed E-state index contributed by atoms with van der Waals surface area (Å²) in [7, 11) is 0. The van der Waals surface area contributed by atoms with Gasteiger partial charge in [0.1, 0.15) is 0 Å². The number of hydrogen-bond donors (Lipinski definition) is 2. The molecule has 0 radical (unpaired) electrons. The van der Waals surface area contributed by atoms with Gasteiger partial charge in [-0.15, -0.1) is 0 Å². The van der Waals surface area contributed by atoms with E-state index in [1.165, 1.54) is 19.3 Å². The summed E-state index contributed by atoms with van der Waals surface area (Å²) in [5.41, 5.74) is 0. The van der Waals surface area contributed by atoms with Crippen LogP contribution in [0.2, 0.25) is 0 Å². The molecule has 1 aliphatic rings. The summed E-state index contributed by atoms with van der Waals surface area (Å²) < 4.78 is 0. The van der Waals surface area contributed by atoms with Crippen LogP contribution in [0, 0.1) is 5.92 Å². The Bertz CT molecular complexity index is 250. The molecule has 19 heavy (non-hydrogen) atoms. The smallest absolute Gasteiger partial charge is 0.234 e. The molecule has 0 aromatic heterocycles. The predicted octanol–water partition coefficient (Wildman–Crippen LogP) is 1.61. The van der Waals surface area contributed by atoms with Crippen LogP contribution in [0.5, 0.6) is 0 Å². The first-order valence-electron chi connectivity index (χ1n) is 7.89. The van der Waals surface area contributed by atoms with Crippen molar-refractivity contribution < 1.29 is 4.79 Å². The molecule has 1 fully saturated rings. The average Bonchev–Trinajstić information content (AvgIpc) is 2.43. The van der Waals surface area contributed by atoms with Gasteiger partial charge in [0.2, 0.25) is 5.91 Å². The van der Waals surface area contributed by atoms with Gasteiger partial charge in [0.05, 0.1) is 6.54 Å². The third-order valence-corrected chi connectivity index (χ3v) is 4.00. The summed E-state index contributed by atoms with van der Waals surface area (Å²) in [5, 5.41) is 6.54. The van der Waals surface area contributed by atoms with Crippen molar-refractivity contribution in [3.05, 3.63) is 0 Å². The van der Waals surface area contributed by atoms with E-state index < -0.39 is 0 Å². The number of rotatable bonds is 8. The minimum absolute atomic E-state index is 0.178. The molecule has 1 unspecified atom stereocenters. The second-order valence-corrected chi connectivity index (χ2v) is 5.71. The molecule has 4 nitrogen and oxygen atoms in total. The van der Waals surface area contributed by atoms with Crippen molar-refractivity contribution in [1.82, 2.24) is 15.5 Å².